The van der Waals surface area contributed by atoms with Crippen LogP contribution in [-0.2, 0) is 5.75 Å². The molecule has 0 radical (unpaired) electrons. The topological polar surface area (TPSA) is 64.7 Å². The molecule has 0 bridgehead atoms. The van der Waals surface area contributed by atoms with E-state index in [1.807, 2.05) is 18.2 Å². The lowest BCUT2D eigenvalue weighted by Crippen LogP contribution is -1.87. The molecule has 5 nitrogen and oxygen atoms in total. The molecule has 0 aliphatic heterocycles. The van der Waals surface area contributed by atoms with Crippen LogP contribution in [0.5, 0.6) is 0 Å². The number of hydrogen-bond donors (Lipinski definition) is 0. The summed E-state index contributed by atoms with van der Waals surface area (Å²) in [6.07, 6.45) is 1.61. The molecule has 4 rings (SSSR count). The number of benzene rings is 1. The third-order valence-electron chi connectivity index (χ3n) is 3.32. The second-order valence-corrected chi connectivity index (χ2v) is 6.70. The maximum atomic E-state index is 5.43. The Labute approximate surface area is 140 Å². The molecule has 3 heterocycles. The minimum absolute atomic E-state index is 0.578. The van der Waals surface area contributed by atoms with Gasteiger partial charge in [0, 0.05) is 17.9 Å². The van der Waals surface area contributed by atoms with Gasteiger partial charge in [0.1, 0.15) is 16.2 Å². The van der Waals surface area contributed by atoms with Crippen molar-refractivity contribution in [1.29, 1.82) is 0 Å². The zero-order valence-electron chi connectivity index (χ0n) is 12.3. The lowest BCUT2D eigenvalue weighted by molar-refractivity contribution is 0.485. The highest BCUT2D eigenvalue weighted by molar-refractivity contribution is 7.98. The fourth-order valence-electron chi connectivity index (χ4n) is 2.31. The first-order chi connectivity index (χ1) is 11.3. The summed E-state index contributed by atoms with van der Waals surface area (Å²) in [5.41, 5.74) is 2.33. The number of aromatic nitrogens is 4. The summed E-state index contributed by atoms with van der Waals surface area (Å²) in [6.45, 7) is 1.79. The molecule has 0 aliphatic carbocycles. The van der Waals surface area contributed by atoms with Crippen LogP contribution < -0.4 is 0 Å². The third kappa shape index (κ3) is 2.85. The van der Waals surface area contributed by atoms with E-state index in [2.05, 4.69) is 37.7 Å². The van der Waals surface area contributed by atoms with Gasteiger partial charge in [0.2, 0.25) is 11.8 Å². The number of fused-ring (bicyclic) bond motifs is 1. The zero-order chi connectivity index (χ0) is 15.6. The van der Waals surface area contributed by atoms with Crippen LogP contribution in [0.3, 0.4) is 0 Å². The van der Waals surface area contributed by atoms with E-state index in [-0.39, 0.29) is 0 Å². The van der Waals surface area contributed by atoms with Gasteiger partial charge in [-0.15, -0.1) is 21.5 Å². The van der Waals surface area contributed by atoms with Crippen molar-refractivity contribution in [3.8, 4) is 11.1 Å². The van der Waals surface area contributed by atoms with E-state index in [9.17, 15) is 0 Å². The molecule has 114 valence electrons. The van der Waals surface area contributed by atoms with Crippen LogP contribution in [0.15, 0.2) is 51.5 Å². The number of nitrogens with zero attached hydrogens (tertiary/aromatic N) is 4. The predicted molar refractivity (Wildman–Crippen MR) is 91.4 cm³/mol. The Morgan fingerprint density at radius 2 is 2.00 bits per heavy atom. The minimum atomic E-state index is 0.578. The maximum absolute atomic E-state index is 5.43. The molecule has 23 heavy (non-hydrogen) atoms. The Bertz CT molecular complexity index is 949. The van der Waals surface area contributed by atoms with E-state index in [0.29, 0.717) is 17.5 Å². The summed E-state index contributed by atoms with van der Waals surface area (Å²) < 4.78 is 5.43. The molecule has 0 saturated heterocycles. The van der Waals surface area contributed by atoms with Crippen LogP contribution in [0.2, 0.25) is 0 Å². The molecule has 7 heteroatoms. The van der Waals surface area contributed by atoms with E-state index < -0.39 is 0 Å². The van der Waals surface area contributed by atoms with Crippen molar-refractivity contribution < 1.29 is 4.42 Å². The lowest BCUT2D eigenvalue weighted by atomic mass is 10.1. The van der Waals surface area contributed by atoms with Gasteiger partial charge in [-0.2, -0.15) is 0 Å². The second-order valence-electron chi connectivity index (χ2n) is 4.88. The monoisotopic (exact) mass is 340 g/mol. The molecule has 0 fully saturated rings. The average molecular weight is 340 g/mol. The molecular weight excluding hydrogens is 328 g/mol. The van der Waals surface area contributed by atoms with E-state index >= 15 is 0 Å². The van der Waals surface area contributed by atoms with E-state index in [1.54, 1.807) is 36.3 Å². The van der Waals surface area contributed by atoms with Crippen LogP contribution in [0.4, 0.5) is 0 Å². The molecular formula is C16H12N4OS2. The molecule has 0 amide bonds. The van der Waals surface area contributed by atoms with Crippen molar-refractivity contribution in [2.75, 3.05) is 0 Å². The first kappa shape index (κ1) is 14.3. The van der Waals surface area contributed by atoms with Crippen molar-refractivity contribution in [3.63, 3.8) is 0 Å². The standard InChI is InChI=1S/C16H12N4OS2/c1-10-19-20-13(21-10)8-23-16-14-12(11-5-3-2-4-6-11)7-22-15(14)17-9-18-16/h2-7,9H,8H2,1H3. The smallest absolute Gasteiger partial charge is 0.226 e. The van der Waals surface area contributed by atoms with Crippen molar-refractivity contribution in [2.24, 2.45) is 0 Å². The van der Waals surface area contributed by atoms with Gasteiger partial charge >= 0.3 is 0 Å². The maximum Gasteiger partial charge on any atom is 0.226 e. The first-order valence-electron chi connectivity index (χ1n) is 7.00. The quantitative estimate of drug-likeness (QED) is 0.407. The van der Waals surface area contributed by atoms with Crippen molar-refractivity contribution in [3.05, 3.63) is 53.8 Å². The Kier molecular flexibility index (Phi) is 3.80. The number of thiophene rings is 1. The molecule has 0 N–H and O–H groups in total. The molecule has 0 unspecified atom stereocenters. The van der Waals surface area contributed by atoms with Crippen LogP contribution in [0.1, 0.15) is 11.8 Å². The van der Waals surface area contributed by atoms with Gasteiger partial charge in [0.25, 0.3) is 0 Å². The second kappa shape index (κ2) is 6.10. The van der Waals surface area contributed by atoms with Gasteiger partial charge in [-0.1, -0.05) is 42.1 Å². The van der Waals surface area contributed by atoms with Crippen molar-refractivity contribution >= 4 is 33.3 Å². The normalized spacial score (nSPS) is 11.2. The van der Waals surface area contributed by atoms with Gasteiger partial charge in [0.05, 0.1) is 11.1 Å². The molecule has 4 aromatic rings. The summed E-state index contributed by atoms with van der Waals surface area (Å²) in [5.74, 6) is 1.78. The fraction of sp³-hybridized carbons (Fsp3) is 0.125. The van der Waals surface area contributed by atoms with Gasteiger partial charge in [-0.3, -0.25) is 0 Å². The fourth-order valence-corrected chi connectivity index (χ4v) is 4.14. The van der Waals surface area contributed by atoms with Crippen LogP contribution in [0, 0.1) is 6.92 Å². The van der Waals surface area contributed by atoms with Gasteiger partial charge in [-0.05, 0) is 5.56 Å². The predicted octanol–water partition coefficient (Wildman–Crippen LogP) is 4.34. The number of thioether (sulfide) groups is 1. The lowest BCUT2D eigenvalue weighted by Gasteiger charge is -2.04. The van der Waals surface area contributed by atoms with Crippen LogP contribution >= 0.6 is 23.1 Å². The van der Waals surface area contributed by atoms with E-state index in [4.69, 9.17) is 4.42 Å². The Morgan fingerprint density at radius 3 is 2.78 bits per heavy atom. The Morgan fingerprint density at radius 1 is 1.13 bits per heavy atom. The van der Waals surface area contributed by atoms with E-state index in [1.165, 1.54) is 5.56 Å². The highest BCUT2D eigenvalue weighted by atomic mass is 32.2. The summed E-state index contributed by atoms with van der Waals surface area (Å²) in [5, 5.41) is 12.0. The minimum Gasteiger partial charge on any atom is -0.425 e. The Hall–Kier alpha value is -2.25. The highest BCUT2D eigenvalue weighted by Crippen LogP contribution is 2.38. The SMILES string of the molecule is Cc1nnc(CSc2ncnc3scc(-c4ccccc4)c23)o1. The molecule has 1 aromatic carbocycles. The molecule has 0 atom stereocenters. The van der Waals surface area contributed by atoms with Gasteiger partial charge in [0.15, 0.2) is 0 Å². The molecule has 0 saturated carbocycles. The molecule has 0 spiro atoms. The van der Waals surface area contributed by atoms with Gasteiger partial charge in [-0.25, -0.2) is 9.97 Å². The van der Waals surface area contributed by atoms with Crippen molar-refractivity contribution in [2.45, 2.75) is 17.7 Å². The van der Waals surface area contributed by atoms with Crippen molar-refractivity contribution in [1.82, 2.24) is 20.2 Å². The van der Waals surface area contributed by atoms with Crippen LogP contribution in [-0.4, -0.2) is 20.2 Å². The summed E-state index contributed by atoms with van der Waals surface area (Å²) in [4.78, 5) is 9.83. The summed E-state index contributed by atoms with van der Waals surface area (Å²) >= 11 is 3.22. The first-order valence-corrected chi connectivity index (χ1v) is 8.87. The van der Waals surface area contributed by atoms with E-state index in [0.717, 1.165) is 20.8 Å². The number of rotatable bonds is 4. The molecule has 0 aliphatic rings. The molecule has 3 aromatic heterocycles. The highest BCUT2D eigenvalue weighted by Gasteiger charge is 2.14. The van der Waals surface area contributed by atoms with Gasteiger partial charge < -0.3 is 4.42 Å². The Balaban J connectivity index is 1.73. The van der Waals surface area contributed by atoms with Crippen LogP contribution in [0.25, 0.3) is 21.3 Å². The largest absolute Gasteiger partial charge is 0.425 e. The average Bonchev–Trinajstić information content (AvgIpc) is 3.20. The summed E-state index contributed by atoms with van der Waals surface area (Å²) in [7, 11) is 0. The zero-order valence-corrected chi connectivity index (χ0v) is 13.9. The summed E-state index contributed by atoms with van der Waals surface area (Å²) in [6, 6.07) is 10.3. The third-order valence-corrected chi connectivity index (χ3v) is 5.18. The number of aryl methyl sites for hydroxylation is 1. The number of hydrogen-bond acceptors (Lipinski definition) is 7.